The van der Waals surface area contributed by atoms with Crippen molar-refractivity contribution in [3.8, 4) is 0 Å². The quantitative estimate of drug-likeness (QED) is 0.558. The van der Waals surface area contributed by atoms with E-state index in [1.54, 1.807) is 24.3 Å². The molecule has 4 saturated carbocycles. The molecule has 4 fully saturated rings. The van der Waals surface area contributed by atoms with Gasteiger partial charge in [0.15, 0.2) is 6.61 Å². The average molecular weight is 424 g/mol. The average Bonchev–Trinajstić information content (AvgIpc) is 2.73. The Bertz CT molecular complexity index is 904. The van der Waals surface area contributed by atoms with Crippen LogP contribution in [0, 0.1) is 23.2 Å². The number of hydrogen-bond acceptors (Lipinski definition) is 5. The number of nitrogens with zero attached hydrogens (tertiary/aromatic N) is 1. The second kappa shape index (κ2) is 7.77. The maximum Gasteiger partial charge on any atom is 0.326 e. The highest BCUT2D eigenvalue weighted by Gasteiger charge is 2.50. The molecule has 0 saturated heterocycles. The Morgan fingerprint density at radius 2 is 1.68 bits per heavy atom. The lowest BCUT2D eigenvalue weighted by Gasteiger charge is -2.56. The van der Waals surface area contributed by atoms with Gasteiger partial charge in [0.05, 0.1) is 6.42 Å². The zero-order valence-electron chi connectivity index (χ0n) is 17.6. The van der Waals surface area contributed by atoms with E-state index in [1.165, 1.54) is 38.5 Å². The fourth-order valence-electron chi connectivity index (χ4n) is 6.72. The lowest BCUT2D eigenvalue weighted by molar-refractivity contribution is -0.151. The zero-order chi connectivity index (χ0) is 21.6. The summed E-state index contributed by atoms with van der Waals surface area (Å²) in [5, 5.41) is 2.97. The summed E-state index contributed by atoms with van der Waals surface area (Å²) in [4.78, 5) is 50.2. The molecule has 6 rings (SSSR count). The van der Waals surface area contributed by atoms with Gasteiger partial charge >= 0.3 is 5.97 Å². The van der Waals surface area contributed by atoms with Crippen molar-refractivity contribution in [2.24, 2.45) is 23.2 Å². The van der Waals surface area contributed by atoms with E-state index in [1.807, 2.05) is 0 Å². The molecular formula is C24H28N2O5. The topological polar surface area (TPSA) is 92.8 Å². The summed E-state index contributed by atoms with van der Waals surface area (Å²) < 4.78 is 5.07. The van der Waals surface area contributed by atoms with E-state index in [4.69, 9.17) is 4.74 Å². The predicted octanol–water partition coefficient (Wildman–Crippen LogP) is 2.09. The van der Waals surface area contributed by atoms with Gasteiger partial charge in [-0.25, -0.2) is 0 Å². The number of imide groups is 1. The van der Waals surface area contributed by atoms with Crippen LogP contribution < -0.4 is 5.32 Å². The lowest BCUT2D eigenvalue weighted by Crippen LogP contribution is -2.51. The summed E-state index contributed by atoms with van der Waals surface area (Å²) in [6.07, 6.45) is 7.70. The van der Waals surface area contributed by atoms with Gasteiger partial charge in [0, 0.05) is 12.1 Å². The number of amides is 3. The second-order valence-electron chi connectivity index (χ2n) is 9.97. The molecule has 3 amide bonds. The number of hydrogen-bond donors (Lipinski definition) is 1. The van der Waals surface area contributed by atoms with E-state index in [0.717, 1.165) is 22.7 Å². The highest BCUT2D eigenvalue weighted by molar-refractivity contribution is 6.11. The van der Waals surface area contributed by atoms with E-state index >= 15 is 0 Å². The molecule has 4 aliphatic carbocycles. The molecule has 0 unspecified atom stereocenters. The smallest absolute Gasteiger partial charge is 0.326 e. The second-order valence-corrected chi connectivity index (χ2v) is 9.97. The molecule has 1 aromatic carbocycles. The van der Waals surface area contributed by atoms with Crippen LogP contribution in [0.3, 0.4) is 0 Å². The van der Waals surface area contributed by atoms with E-state index in [0.29, 0.717) is 17.7 Å². The van der Waals surface area contributed by atoms with E-state index in [-0.39, 0.29) is 17.7 Å². The standard InChI is InChI=1S/C24H28N2O5/c27-20(25-14-24-9-15-5-16(10-24)7-17(6-15)11-24)13-31-22(29)12-26-21(28)8-18-3-1-2-4-19(18)23(26)30/h1-4,15-17H,5-14H2,(H,25,27). The van der Waals surface area contributed by atoms with E-state index in [2.05, 4.69) is 5.32 Å². The molecule has 0 atom stereocenters. The minimum Gasteiger partial charge on any atom is -0.454 e. The van der Waals surface area contributed by atoms with Crippen molar-refractivity contribution in [1.82, 2.24) is 10.2 Å². The van der Waals surface area contributed by atoms with Crippen LogP contribution >= 0.6 is 0 Å². The summed E-state index contributed by atoms with van der Waals surface area (Å²) in [6, 6.07) is 6.86. The minimum absolute atomic E-state index is 0.0702. The van der Waals surface area contributed by atoms with Gasteiger partial charge in [0.2, 0.25) is 5.91 Å². The van der Waals surface area contributed by atoms with E-state index in [9.17, 15) is 19.2 Å². The third kappa shape index (κ3) is 3.98. The van der Waals surface area contributed by atoms with Crippen molar-refractivity contribution in [2.45, 2.75) is 44.9 Å². The number of carbonyl (C=O) groups excluding carboxylic acids is 4. The molecule has 164 valence electrons. The summed E-state index contributed by atoms with van der Waals surface area (Å²) in [5.41, 5.74) is 1.29. The predicted molar refractivity (Wildman–Crippen MR) is 111 cm³/mol. The molecule has 0 radical (unpaired) electrons. The van der Waals surface area contributed by atoms with Crippen LogP contribution in [-0.2, 0) is 25.5 Å². The molecule has 31 heavy (non-hydrogen) atoms. The zero-order valence-corrected chi connectivity index (χ0v) is 17.6. The van der Waals surface area contributed by atoms with Gasteiger partial charge in [-0.3, -0.25) is 24.1 Å². The number of nitrogens with one attached hydrogen (secondary N) is 1. The first-order chi connectivity index (χ1) is 14.9. The molecule has 1 aliphatic heterocycles. The summed E-state index contributed by atoms with van der Waals surface area (Å²) in [7, 11) is 0. The van der Waals surface area contributed by atoms with Gasteiger partial charge in [0.1, 0.15) is 6.54 Å². The van der Waals surface area contributed by atoms with Crippen LogP contribution in [0.1, 0.15) is 54.4 Å². The van der Waals surface area contributed by atoms with Gasteiger partial charge in [-0.2, -0.15) is 0 Å². The molecule has 1 N–H and O–H groups in total. The third-order valence-corrected chi connectivity index (χ3v) is 7.61. The van der Waals surface area contributed by atoms with Crippen molar-refractivity contribution in [2.75, 3.05) is 19.7 Å². The number of esters is 1. The number of fused-ring (bicyclic) bond motifs is 1. The number of benzene rings is 1. The largest absolute Gasteiger partial charge is 0.454 e. The Labute approximate surface area is 181 Å². The Balaban J connectivity index is 1.10. The Hall–Kier alpha value is -2.70. The third-order valence-electron chi connectivity index (χ3n) is 7.61. The first kappa shape index (κ1) is 20.2. The fraction of sp³-hybridized carbons (Fsp3) is 0.583. The molecule has 1 heterocycles. The Kier molecular flexibility index (Phi) is 5.07. The normalized spacial score (nSPS) is 30.8. The molecule has 7 nitrogen and oxygen atoms in total. The number of rotatable bonds is 6. The Morgan fingerprint density at radius 3 is 2.35 bits per heavy atom. The summed E-state index contributed by atoms with van der Waals surface area (Å²) in [5.74, 6) is 0.404. The van der Waals surface area contributed by atoms with Crippen LogP contribution in [-0.4, -0.2) is 48.3 Å². The van der Waals surface area contributed by atoms with Crippen LogP contribution in [0.5, 0.6) is 0 Å². The summed E-state index contributed by atoms with van der Waals surface area (Å²) >= 11 is 0. The van der Waals surface area contributed by atoms with Crippen molar-refractivity contribution < 1.29 is 23.9 Å². The van der Waals surface area contributed by atoms with Crippen LogP contribution in [0.15, 0.2) is 24.3 Å². The van der Waals surface area contributed by atoms with Gasteiger partial charge in [-0.15, -0.1) is 0 Å². The number of ether oxygens (including phenoxy) is 1. The molecule has 4 bridgehead atoms. The highest BCUT2D eigenvalue weighted by Crippen LogP contribution is 2.59. The first-order valence-electron chi connectivity index (χ1n) is 11.3. The molecule has 1 aromatic rings. The molecule has 0 spiro atoms. The van der Waals surface area contributed by atoms with Gasteiger partial charge in [-0.05, 0) is 73.3 Å². The maximum atomic E-state index is 12.5. The van der Waals surface area contributed by atoms with Crippen molar-refractivity contribution in [3.05, 3.63) is 35.4 Å². The van der Waals surface area contributed by atoms with Crippen molar-refractivity contribution in [3.63, 3.8) is 0 Å². The Morgan fingerprint density at radius 1 is 1.03 bits per heavy atom. The first-order valence-corrected chi connectivity index (χ1v) is 11.3. The van der Waals surface area contributed by atoms with Crippen molar-refractivity contribution >= 4 is 23.7 Å². The lowest BCUT2D eigenvalue weighted by atomic mass is 9.49. The van der Waals surface area contributed by atoms with Crippen molar-refractivity contribution in [1.29, 1.82) is 0 Å². The molecule has 0 aromatic heterocycles. The van der Waals surface area contributed by atoms with E-state index < -0.39 is 30.9 Å². The minimum atomic E-state index is -0.758. The van der Waals surface area contributed by atoms with Gasteiger partial charge in [0.25, 0.3) is 11.8 Å². The van der Waals surface area contributed by atoms with Crippen LogP contribution in [0.25, 0.3) is 0 Å². The monoisotopic (exact) mass is 424 g/mol. The SMILES string of the molecule is O=C(COC(=O)CN1C(=O)Cc2ccccc2C1=O)NCC12CC3CC(CC(C3)C1)C2. The van der Waals surface area contributed by atoms with Crippen LogP contribution in [0.4, 0.5) is 0 Å². The van der Waals surface area contributed by atoms with Gasteiger partial charge in [-0.1, -0.05) is 18.2 Å². The maximum absolute atomic E-state index is 12.5. The molecule has 7 heteroatoms. The highest BCUT2D eigenvalue weighted by atomic mass is 16.5. The molecular weight excluding hydrogens is 396 g/mol. The van der Waals surface area contributed by atoms with Gasteiger partial charge < -0.3 is 10.1 Å². The fourth-order valence-corrected chi connectivity index (χ4v) is 6.72. The number of carbonyl (C=O) groups is 4. The summed E-state index contributed by atoms with van der Waals surface area (Å²) in [6.45, 7) is -0.223. The van der Waals surface area contributed by atoms with Crippen LogP contribution in [0.2, 0.25) is 0 Å². The molecule has 5 aliphatic rings.